The van der Waals surface area contributed by atoms with Crippen LogP contribution in [0.1, 0.15) is 22.7 Å². The monoisotopic (exact) mass is 278 g/mol. The molecular weight excluding hydrogens is 273 g/mol. The molecule has 17 heavy (non-hydrogen) atoms. The van der Waals surface area contributed by atoms with Gasteiger partial charge in [0, 0.05) is 4.88 Å². The lowest BCUT2D eigenvalue weighted by Gasteiger charge is -2.05. The highest BCUT2D eigenvalue weighted by molar-refractivity contribution is 7.19. The Hall–Kier alpha value is -0.880. The van der Waals surface area contributed by atoms with Crippen LogP contribution >= 0.6 is 22.9 Å². The van der Waals surface area contributed by atoms with Crippen molar-refractivity contribution in [2.45, 2.75) is 25.4 Å². The van der Waals surface area contributed by atoms with Gasteiger partial charge in [-0.15, -0.1) is 11.3 Å². The van der Waals surface area contributed by atoms with E-state index in [4.69, 9.17) is 11.6 Å². The van der Waals surface area contributed by atoms with E-state index in [-0.39, 0.29) is 5.15 Å². The molecule has 90 valence electrons. The van der Waals surface area contributed by atoms with Crippen LogP contribution in [0.15, 0.2) is 0 Å². The summed E-state index contributed by atoms with van der Waals surface area (Å²) in [5.74, 6) is -1.16. The van der Waals surface area contributed by atoms with E-state index in [0.717, 1.165) is 29.7 Å². The molecular formula is C10H6ClF3N2S. The summed E-state index contributed by atoms with van der Waals surface area (Å²) in [6, 6.07) is 0. The van der Waals surface area contributed by atoms with Crippen molar-refractivity contribution in [2.24, 2.45) is 0 Å². The molecule has 0 saturated carbocycles. The lowest BCUT2D eigenvalue weighted by Crippen LogP contribution is -2.10. The number of hydrogen-bond donors (Lipinski definition) is 0. The van der Waals surface area contributed by atoms with Crippen LogP contribution in [0.2, 0.25) is 5.15 Å². The quantitative estimate of drug-likeness (QED) is 0.684. The lowest BCUT2D eigenvalue weighted by molar-refractivity contribution is -0.144. The lowest BCUT2D eigenvalue weighted by atomic mass is 10.2. The molecule has 0 atom stereocenters. The van der Waals surface area contributed by atoms with Crippen LogP contribution in [-0.2, 0) is 19.0 Å². The molecule has 0 unspecified atom stereocenters. The summed E-state index contributed by atoms with van der Waals surface area (Å²) in [6.07, 6.45) is -1.78. The number of aromatic nitrogens is 2. The Morgan fingerprint density at radius 1 is 1.18 bits per heavy atom. The Bertz CT molecular complexity index is 606. The summed E-state index contributed by atoms with van der Waals surface area (Å²) in [5, 5.41) is 0.527. The predicted molar refractivity (Wildman–Crippen MR) is 59.5 cm³/mol. The molecule has 0 amide bonds. The molecule has 2 aromatic heterocycles. The fraction of sp³-hybridized carbons (Fsp3) is 0.400. The number of aryl methyl sites for hydroxylation is 2. The van der Waals surface area contributed by atoms with Gasteiger partial charge in [-0.25, -0.2) is 9.97 Å². The third-order valence-corrected chi connectivity index (χ3v) is 4.23. The van der Waals surface area contributed by atoms with Crippen LogP contribution in [0.4, 0.5) is 13.2 Å². The summed E-state index contributed by atoms with van der Waals surface area (Å²) in [5.41, 5.74) is 1.03. The molecule has 0 aliphatic heterocycles. The van der Waals surface area contributed by atoms with Gasteiger partial charge in [0.1, 0.15) is 9.98 Å². The standard InChI is InChI=1S/C10H6ClF3N2S/c11-7-6-4-2-1-3-5(4)17-8(6)16-9(15-7)10(12,13)14/h1-3H2. The van der Waals surface area contributed by atoms with Crippen molar-refractivity contribution in [3.63, 3.8) is 0 Å². The van der Waals surface area contributed by atoms with Crippen LogP contribution in [0.25, 0.3) is 10.2 Å². The first-order chi connectivity index (χ1) is 7.97. The van der Waals surface area contributed by atoms with E-state index in [1.807, 2.05) is 0 Å². The van der Waals surface area contributed by atoms with Crippen molar-refractivity contribution in [1.82, 2.24) is 9.97 Å². The molecule has 0 aromatic carbocycles. The van der Waals surface area contributed by atoms with Crippen LogP contribution in [0.5, 0.6) is 0 Å². The third-order valence-electron chi connectivity index (χ3n) is 2.77. The molecule has 0 bridgehead atoms. The topological polar surface area (TPSA) is 25.8 Å². The molecule has 0 radical (unpaired) electrons. The van der Waals surface area contributed by atoms with Crippen molar-refractivity contribution in [2.75, 3.05) is 0 Å². The molecule has 0 saturated heterocycles. The van der Waals surface area contributed by atoms with E-state index in [1.165, 1.54) is 11.3 Å². The van der Waals surface area contributed by atoms with E-state index in [2.05, 4.69) is 9.97 Å². The van der Waals surface area contributed by atoms with E-state index < -0.39 is 12.0 Å². The van der Waals surface area contributed by atoms with Crippen molar-refractivity contribution in [3.05, 3.63) is 21.4 Å². The number of nitrogens with zero attached hydrogens (tertiary/aromatic N) is 2. The number of halogens is 4. The minimum absolute atomic E-state index is 0.0817. The Morgan fingerprint density at radius 2 is 1.94 bits per heavy atom. The minimum Gasteiger partial charge on any atom is -0.213 e. The maximum absolute atomic E-state index is 12.5. The van der Waals surface area contributed by atoms with Crippen molar-refractivity contribution in [3.8, 4) is 0 Å². The first-order valence-electron chi connectivity index (χ1n) is 5.02. The average Bonchev–Trinajstić information content (AvgIpc) is 2.73. The normalized spacial score (nSPS) is 15.5. The first-order valence-corrected chi connectivity index (χ1v) is 6.21. The Labute approximate surface area is 103 Å². The van der Waals surface area contributed by atoms with Gasteiger partial charge in [-0.3, -0.25) is 0 Å². The van der Waals surface area contributed by atoms with Crippen LogP contribution in [0.3, 0.4) is 0 Å². The molecule has 7 heteroatoms. The van der Waals surface area contributed by atoms with Gasteiger partial charge >= 0.3 is 6.18 Å². The largest absolute Gasteiger partial charge is 0.451 e. The van der Waals surface area contributed by atoms with E-state index in [9.17, 15) is 13.2 Å². The van der Waals surface area contributed by atoms with Gasteiger partial charge in [0.05, 0.1) is 5.39 Å². The van der Waals surface area contributed by atoms with E-state index >= 15 is 0 Å². The van der Waals surface area contributed by atoms with Gasteiger partial charge in [0.25, 0.3) is 0 Å². The number of rotatable bonds is 0. The van der Waals surface area contributed by atoms with Crippen molar-refractivity contribution >= 4 is 33.2 Å². The highest BCUT2D eigenvalue weighted by atomic mass is 35.5. The second-order valence-corrected chi connectivity index (χ2v) is 5.31. The summed E-state index contributed by atoms with van der Waals surface area (Å²) in [4.78, 5) is 8.37. The predicted octanol–water partition coefficient (Wildman–Crippen LogP) is 3.85. The summed E-state index contributed by atoms with van der Waals surface area (Å²) >= 11 is 7.14. The van der Waals surface area contributed by atoms with Crippen LogP contribution in [0, 0.1) is 0 Å². The second-order valence-electron chi connectivity index (χ2n) is 3.87. The average molecular weight is 279 g/mol. The van der Waals surface area contributed by atoms with Gasteiger partial charge in [-0.2, -0.15) is 13.2 Å². The summed E-state index contributed by atoms with van der Waals surface area (Å²) in [7, 11) is 0. The van der Waals surface area contributed by atoms with Crippen LogP contribution < -0.4 is 0 Å². The maximum atomic E-state index is 12.5. The molecule has 1 aliphatic rings. The maximum Gasteiger partial charge on any atom is 0.451 e. The van der Waals surface area contributed by atoms with Gasteiger partial charge in [-0.05, 0) is 24.8 Å². The zero-order valence-electron chi connectivity index (χ0n) is 8.44. The molecule has 2 aromatic rings. The Morgan fingerprint density at radius 3 is 2.65 bits per heavy atom. The first kappa shape index (κ1) is 11.2. The molecule has 2 nitrogen and oxygen atoms in total. The highest BCUT2D eigenvalue weighted by Crippen LogP contribution is 2.40. The second kappa shape index (κ2) is 3.55. The minimum atomic E-state index is -4.55. The fourth-order valence-corrected chi connectivity index (χ4v) is 3.68. The Kier molecular flexibility index (Phi) is 2.35. The van der Waals surface area contributed by atoms with Gasteiger partial charge < -0.3 is 0 Å². The molecule has 2 heterocycles. The van der Waals surface area contributed by atoms with Crippen molar-refractivity contribution in [1.29, 1.82) is 0 Å². The van der Waals surface area contributed by atoms with Gasteiger partial charge in [-0.1, -0.05) is 11.6 Å². The van der Waals surface area contributed by atoms with Crippen molar-refractivity contribution < 1.29 is 13.2 Å². The fourth-order valence-electron chi connectivity index (χ4n) is 2.08. The van der Waals surface area contributed by atoms with E-state index in [0.29, 0.717) is 10.2 Å². The number of alkyl halides is 3. The molecule has 3 rings (SSSR count). The highest BCUT2D eigenvalue weighted by Gasteiger charge is 2.36. The Balaban J connectivity index is 2.29. The SMILES string of the molecule is FC(F)(F)c1nc(Cl)c2c3c(sc2n1)CCC3. The smallest absolute Gasteiger partial charge is 0.213 e. The zero-order valence-corrected chi connectivity index (χ0v) is 10.0. The van der Waals surface area contributed by atoms with Gasteiger partial charge in [0.15, 0.2) is 0 Å². The summed E-state index contributed by atoms with van der Waals surface area (Å²) < 4.78 is 37.6. The zero-order chi connectivity index (χ0) is 12.2. The van der Waals surface area contributed by atoms with Crippen LogP contribution in [-0.4, -0.2) is 9.97 Å². The number of hydrogen-bond acceptors (Lipinski definition) is 3. The molecule has 0 spiro atoms. The molecule has 1 aliphatic carbocycles. The molecule has 0 N–H and O–H groups in total. The third kappa shape index (κ3) is 1.70. The number of fused-ring (bicyclic) bond motifs is 3. The number of thiophene rings is 1. The van der Waals surface area contributed by atoms with Gasteiger partial charge in [0.2, 0.25) is 5.82 Å². The summed E-state index contributed by atoms with van der Waals surface area (Å²) in [6.45, 7) is 0. The van der Waals surface area contributed by atoms with E-state index in [1.54, 1.807) is 0 Å². The molecule has 0 fully saturated rings.